The number of piperidine rings is 1. The van der Waals surface area contributed by atoms with Crippen LogP contribution in [0.15, 0.2) is 18.2 Å². The van der Waals surface area contributed by atoms with E-state index in [9.17, 15) is 14.4 Å². The van der Waals surface area contributed by atoms with Crippen LogP contribution in [-0.2, 0) is 20.7 Å². The van der Waals surface area contributed by atoms with Crippen molar-refractivity contribution in [2.75, 3.05) is 44.7 Å². The number of hydrogen-bond donors (Lipinski definition) is 0. The van der Waals surface area contributed by atoms with Gasteiger partial charge in [0.15, 0.2) is 0 Å². The Bertz CT molecular complexity index is 887. The van der Waals surface area contributed by atoms with Crippen molar-refractivity contribution in [3.8, 4) is 0 Å². The minimum atomic E-state index is -0.475. The molecule has 2 fully saturated rings. The molecule has 0 spiro atoms. The normalized spacial score (nSPS) is 17.3. The van der Waals surface area contributed by atoms with Crippen LogP contribution in [0.1, 0.15) is 57.6 Å². The first kappa shape index (κ1) is 25.8. The zero-order valence-corrected chi connectivity index (χ0v) is 21.3. The molecular weight excluding hydrogens is 434 g/mol. The molecule has 3 amide bonds. The summed E-state index contributed by atoms with van der Waals surface area (Å²) in [6.07, 6.45) is 3.58. The Morgan fingerprint density at radius 1 is 1.09 bits per heavy atom. The van der Waals surface area contributed by atoms with Crippen molar-refractivity contribution < 1.29 is 23.9 Å². The van der Waals surface area contributed by atoms with Crippen molar-refractivity contribution in [3.05, 3.63) is 29.3 Å². The van der Waals surface area contributed by atoms with Crippen LogP contribution in [0.4, 0.5) is 15.3 Å². The lowest BCUT2D eigenvalue weighted by Crippen LogP contribution is -2.42. The van der Waals surface area contributed by atoms with Crippen LogP contribution in [0.25, 0.3) is 0 Å². The first-order valence-corrected chi connectivity index (χ1v) is 12.3. The minimum Gasteiger partial charge on any atom is -0.469 e. The first-order valence-electron chi connectivity index (χ1n) is 12.3. The molecule has 1 aromatic rings. The second-order valence-corrected chi connectivity index (χ2v) is 10.3. The van der Waals surface area contributed by atoms with Crippen LogP contribution in [0, 0.1) is 12.8 Å². The third-order valence-electron chi connectivity index (χ3n) is 6.57. The maximum atomic E-state index is 13.1. The number of amides is 3. The molecule has 2 heterocycles. The number of ether oxygens (including phenoxy) is 2. The topological polar surface area (TPSA) is 79.4 Å². The molecule has 0 radical (unpaired) electrons. The summed E-state index contributed by atoms with van der Waals surface area (Å²) in [6, 6.07) is 6.07. The van der Waals surface area contributed by atoms with E-state index >= 15 is 0 Å². The monoisotopic (exact) mass is 473 g/mol. The predicted molar refractivity (Wildman–Crippen MR) is 131 cm³/mol. The lowest BCUT2D eigenvalue weighted by atomic mass is 9.93. The molecule has 1 aromatic carbocycles. The van der Waals surface area contributed by atoms with E-state index in [4.69, 9.17) is 9.47 Å². The summed E-state index contributed by atoms with van der Waals surface area (Å²) in [5, 5.41) is 0. The number of carbonyl (C=O) groups is 3. The molecule has 0 N–H and O–H groups in total. The van der Waals surface area contributed by atoms with Gasteiger partial charge in [-0.05, 0) is 76.5 Å². The number of anilines is 1. The van der Waals surface area contributed by atoms with Gasteiger partial charge >= 0.3 is 18.1 Å². The number of benzene rings is 1. The fourth-order valence-corrected chi connectivity index (χ4v) is 4.61. The van der Waals surface area contributed by atoms with Gasteiger partial charge < -0.3 is 19.3 Å². The van der Waals surface area contributed by atoms with Gasteiger partial charge in [-0.1, -0.05) is 12.1 Å². The summed E-state index contributed by atoms with van der Waals surface area (Å²) in [5.74, 6) is 0.291. The highest BCUT2D eigenvalue weighted by Gasteiger charge is 2.32. The lowest BCUT2D eigenvalue weighted by molar-refractivity contribution is -0.140. The van der Waals surface area contributed by atoms with Crippen molar-refractivity contribution in [2.24, 2.45) is 5.92 Å². The molecule has 2 aliphatic heterocycles. The Hall–Kier alpha value is -2.77. The molecule has 8 heteroatoms. The van der Waals surface area contributed by atoms with Crippen molar-refractivity contribution in [2.45, 2.75) is 65.4 Å². The molecular formula is C26H39N3O5. The second-order valence-electron chi connectivity index (χ2n) is 10.3. The molecule has 2 saturated heterocycles. The molecule has 0 atom stereocenters. The summed E-state index contributed by atoms with van der Waals surface area (Å²) < 4.78 is 10.2. The number of likely N-dealkylation sites (tertiary alicyclic amines) is 1. The molecule has 0 aliphatic carbocycles. The van der Waals surface area contributed by atoms with E-state index in [-0.39, 0.29) is 18.1 Å². The van der Waals surface area contributed by atoms with Crippen molar-refractivity contribution >= 4 is 23.8 Å². The lowest BCUT2D eigenvalue weighted by Gasteiger charge is -2.34. The number of aryl methyl sites for hydroxylation is 2. The standard InChI is InChI=1S/C26H39N3O5/c1-19-18-21(7-9-23(30)33-5)6-8-22(19)29-17-16-27(24(29)31)13-10-20-11-14-28(15-12-20)25(32)34-26(2,3)4/h6,8,18,20H,7,9-17H2,1-5H3. The first-order chi connectivity index (χ1) is 16.1. The SMILES string of the molecule is COC(=O)CCc1ccc(N2CCN(CCC3CCN(C(=O)OC(C)(C)C)CC3)C2=O)c(C)c1. The van der Waals surface area contributed by atoms with E-state index in [1.807, 2.05) is 55.7 Å². The van der Waals surface area contributed by atoms with Gasteiger partial charge in [0.2, 0.25) is 0 Å². The van der Waals surface area contributed by atoms with Crippen LogP contribution in [-0.4, -0.2) is 73.3 Å². The largest absolute Gasteiger partial charge is 0.469 e. The summed E-state index contributed by atoms with van der Waals surface area (Å²) in [7, 11) is 1.40. The summed E-state index contributed by atoms with van der Waals surface area (Å²) in [5.41, 5.74) is 2.55. The molecule has 34 heavy (non-hydrogen) atoms. The smallest absolute Gasteiger partial charge is 0.410 e. The van der Waals surface area contributed by atoms with Crippen LogP contribution < -0.4 is 4.90 Å². The maximum Gasteiger partial charge on any atom is 0.410 e. The zero-order valence-electron chi connectivity index (χ0n) is 21.3. The number of hydrogen-bond acceptors (Lipinski definition) is 5. The van der Waals surface area contributed by atoms with Gasteiger partial charge in [-0.25, -0.2) is 9.59 Å². The van der Waals surface area contributed by atoms with E-state index in [1.54, 1.807) is 4.90 Å². The molecule has 0 aromatic heterocycles. The third kappa shape index (κ3) is 6.87. The predicted octanol–water partition coefficient (Wildman–Crippen LogP) is 4.38. The molecule has 0 saturated carbocycles. The zero-order chi connectivity index (χ0) is 24.9. The van der Waals surface area contributed by atoms with Gasteiger partial charge in [-0.2, -0.15) is 0 Å². The molecule has 188 valence electrons. The average molecular weight is 474 g/mol. The molecule has 3 rings (SSSR count). The van der Waals surface area contributed by atoms with Crippen molar-refractivity contribution in [1.29, 1.82) is 0 Å². The van der Waals surface area contributed by atoms with E-state index in [2.05, 4.69) is 0 Å². The van der Waals surface area contributed by atoms with E-state index in [0.717, 1.165) is 49.2 Å². The van der Waals surface area contributed by atoms with Gasteiger partial charge in [-0.15, -0.1) is 0 Å². The van der Waals surface area contributed by atoms with Gasteiger partial charge in [0, 0.05) is 44.8 Å². The molecule has 0 unspecified atom stereocenters. The molecule has 2 aliphatic rings. The van der Waals surface area contributed by atoms with Gasteiger partial charge in [0.05, 0.1) is 7.11 Å². The Labute approximate surface area is 203 Å². The average Bonchev–Trinajstić information content (AvgIpc) is 3.15. The Kier molecular flexibility index (Phi) is 8.44. The van der Waals surface area contributed by atoms with Crippen molar-refractivity contribution in [1.82, 2.24) is 9.80 Å². The van der Waals surface area contributed by atoms with Crippen LogP contribution in [0.3, 0.4) is 0 Å². The molecule has 0 bridgehead atoms. The number of esters is 1. The molecule has 8 nitrogen and oxygen atoms in total. The quantitative estimate of drug-likeness (QED) is 0.549. The Morgan fingerprint density at radius 3 is 2.41 bits per heavy atom. The fourth-order valence-electron chi connectivity index (χ4n) is 4.61. The van der Waals surface area contributed by atoms with Crippen molar-refractivity contribution in [3.63, 3.8) is 0 Å². The number of urea groups is 1. The summed E-state index contributed by atoms with van der Waals surface area (Å²) >= 11 is 0. The second kappa shape index (κ2) is 11.1. The summed E-state index contributed by atoms with van der Waals surface area (Å²) in [6.45, 7) is 11.2. The fraction of sp³-hybridized carbons (Fsp3) is 0.654. The highest BCUT2D eigenvalue weighted by atomic mass is 16.6. The number of methoxy groups -OCH3 is 1. The van der Waals surface area contributed by atoms with E-state index in [0.29, 0.717) is 38.4 Å². The highest BCUT2D eigenvalue weighted by molar-refractivity contribution is 5.94. The third-order valence-corrected chi connectivity index (χ3v) is 6.57. The van der Waals surface area contributed by atoms with Gasteiger partial charge in [-0.3, -0.25) is 9.69 Å². The van der Waals surface area contributed by atoms with Gasteiger partial charge in [0.1, 0.15) is 5.60 Å². The highest BCUT2D eigenvalue weighted by Crippen LogP contribution is 2.27. The van der Waals surface area contributed by atoms with Crippen LogP contribution >= 0.6 is 0 Å². The van der Waals surface area contributed by atoms with E-state index < -0.39 is 5.60 Å². The summed E-state index contributed by atoms with van der Waals surface area (Å²) in [4.78, 5) is 42.3. The number of carbonyl (C=O) groups excluding carboxylic acids is 3. The van der Waals surface area contributed by atoms with Gasteiger partial charge in [0.25, 0.3) is 0 Å². The maximum absolute atomic E-state index is 13.1. The Balaban J connectivity index is 1.46. The Morgan fingerprint density at radius 2 is 1.79 bits per heavy atom. The van der Waals surface area contributed by atoms with Crippen LogP contribution in [0.2, 0.25) is 0 Å². The number of rotatable bonds is 7. The van der Waals surface area contributed by atoms with Crippen LogP contribution in [0.5, 0.6) is 0 Å². The van der Waals surface area contributed by atoms with E-state index in [1.165, 1.54) is 7.11 Å². The minimum absolute atomic E-state index is 0.0524. The number of nitrogens with zero attached hydrogens (tertiary/aromatic N) is 3.